The number of amides is 1. The van der Waals surface area contributed by atoms with Crippen LogP contribution in [0.2, 0.25) is 10.0 Å². The fraction of sp³-hybridized carbons (Fsp3) is 0.217. The molecule has 200 valence electrons. The minimum Gasteiger partial charge on any atom is -0.478 e. The number of halogens is 2. The molecule has 2 heterocycles. The number of aromatic nitrogens is 4. The highest BCUT2D eigenvalue weighted by Gasteiger charge is 2.45. The normalized spacial score (nSPS) is 13.2. The lowest BCUT2D eigenvalue weighted by Gasteiger charge is -2.31. The lowest BCUT2D eigenvalue weighted by Crippen LogP contribution is -2.65. The number of hydrogen-bond donors (Lipinski definition) is 6. The van der Waals surface area contributed by atoms with E-state index in [0.29, 0.717) is 29.8 Å². The van der Waals surface area contributed by atoms with Gasteiger partial charge in [-0.1, -0.05) is 35.3 Å². The second-order valence-corrected chi connectivity index (χ2v) is 10.7. The molecule has 38 heavy (non-hydrogen) atoms. The highest BCUT2D eigenvalue weighted by molar-refractivity contribution is 7.89. The van der Waals surface area contributed by atoms with E-state index in [1.807, 2.05) is 0 Å². The first kappa shape index (κ1) is 27.4. The predicted molar refractivity (Wildman–Crippen MR) is 142 cm³/mol. The largest absolute Gasteiger partial charge is 0.478 e. The SMILES string of the molecule is O=C(NC(CCCCNc1ncc[nH]1)(NS(=O)(=O)c1c(Cl)cccc1Cl)C(=O)O)c1cccc2[nH]ncc12. The Morgan fingerprint density at radius 2 is 1.82 bits per heavy atom. The molecule has 6 N–H and O–H groups in total. The van der Waals surface area contributed by atoms with E-state index in [1.54, 1.807) is 24.5 Å². The molecule has 0 spiro atoms. The fourth-order valence-electron chi connectivity index (χ4n) is 3.87. The van der Waals surface area contributed by atoms with Crippen molar-refractivity contribution in [2.75, 3.05) is 11.9 Å². The average Bonchev–Trinajstić information content (AvgIpc) is 3.55. The number of benzene rings is 2. The van der Waals surface area contributed by atoms with E-state index in [4.69, 9.17) is 23.2 Å². The van der Waals surface area contributed by atoms with Crippen molar-refractivity contribution in [2.45, 2.75) is 29.8 Å². The van der Waals surface area contributed by atoms with Crippen LogP contribution in [0.3, 0.4) is 0 Å². The monoisotopic (exact) mass is 579 g/mol. The quantitative estimate of drug-likeness (QED) is 0.109. The van der Waals surface area contributed by atoms with Gasteiger partial charge in [0.15, 0.2) is 5.95 Å². The van der Waals surface area contributed by atoms with E-state index in [9.17, 15) is 23.1 Å². The predicted octanol–water partition coefficient (Wildman–Crippen LogP) is 3.36. The minimum absolute atomic E-state index is 0.108. The van der Waals surface area contributed by atoms with Gasteiger partial charge < -0.3 is 20.7 Å². The molecule has 0 bridgehead atoms. The number of carboxylic acids is 1. The number of H-pyrrole nitrogens is 2. The number of sulfonamides is 1. The van der Waals surface area contributed by atoms with E-state index in [-0.39, 0.29) is 28.5 Å². The first-order valence-corrected chi connectivity index (χ1v) is 13.6. The molecular formula is C23H23Cl2N7O5S. The lowest BCUT2D eigenvalue weighted by atomic mass is 10.0. The Labute approximate surface area is 227 Å². The van der Waals surface area contributed by atoms with Gasteiger partial charge in [-0.25, -0.2) is 18.2 Å². The van der Waals surface area contributed by atoms with Crippen LogP contribution in [0.25, 0.3) is 10.9 Å². The molecule has 1 atom stereocenters. The minimum atomic E-state index is -4.62. The Morgan fingerprint density at radius 1 is 1.08 bits per heavy atom. The summed E-state index contributed by atoms with van der Waals surface area (Å²) in [5.74, 6) is -1.90. The van der Waals surface area contributed by atoms with Gasteiger partial charge >= 0.3 is 5.97 Å². The van der Waals surface area contributed by atoms with Gasteiger partial charge in [-0.2, -0.15) is 9.82 Å². The molecular weight excluding hydrogens is 557 g/mol. The standard InChI is InChI=1S/C23H23Cl2N7O5S/c24-16-6-4-7-17(25)19(16)38(36,37)32-23(21(34)35,9-1-2-10-26-22-27-11-12-28-22)30-20(33)14-5-3-8-18-15(14)13-29-31-18/h3-8,11-13,32H,1-2,9-10H2,(H,29,31)(H,30,33)(H,34,35)(H2,26,27,28). The summed E-state index contributed by atoms with van der Waals surface area (Å²) in [5.41, 5.74) is -1.78. The summed E-state index contributed by atoms with van der Waals surface area (Å²) in [6.45, 7) is 0.411. The Morgan fingerprint density at radius 3 is 2.50 bits per heavy atom. The Kier molecular flexibility index (Phi) is 8.21. The van der Waals surface area contributed by atoms with Gasteiger partial charge in [0.1, 0.15) is 4.90 Å². The van der Waals surface area contributed by atoms with Crippen molar-refractivity contribution >= 4 is 62.0 Å². The smallest absolute Gasteiger partial charge is 0.345 e. The molecule has 1 amide bonds. The van der Waals surface area contributed by atoms with Crippen LogP contribution in [0.1, 0.15) is 29.6 Å². The third kappa shape index (κ3) is 5.91. The zero-order valence-corrected chi connectivity index (χ0v) is 22.0. The summed E-state index contributed by atoms with van der Waals surface area (Å²) in [7, 11) is -4.62. The van der Waals surface area contributed by atoms with E-state index < -0.39 is 32.5 Å². The molecule has 2 aromatic heterocycles. The molecule has 4 rings (SSSR count). The Balaban J connectivity index is 1.64. The van der Waals surface area contributed by atoms with Crippen molar-refractivity contribution in [3.8, 4) is 0 Å². The summed E-state index contributed by atoms with van der Waals surface area (Å²) < 4.78 is 28.9. The van der Waals surface area contributed by atoms with Crippen LogP contribution in [0.15, 0.2) is 59.9 Å². The van der Waals surface area contributed by atoms with Crippen LogP contribution in [0.5, 0.6) is 0 Å². The number of rotatable bonds is 12. The second kappa shape index (κ2) is 11.4. The van der Waals surface area contributed by atoms with Crippen LogP contribution in [0, 0.1) is 0 Å². The maximum Gasteiger partial charge on any atom is 0.345 e. The molecule has 1 unspecified atom stereocenters. The van der Waals surface area contributed by atoms with E-state index in [0.717, 1.165) is 0 Å². The third-order valence-corrected chi connectivity index (χ3v) is 8.14. The van der Waals surface area contributed by atoms with Gasteiger partial charge in [0, 0.05) is 24.3 Å². The number of carbonyl (C=O) groups excluding carboxylic acids is 1. The molecule has 0 radical (unpaired) electrons. The number of anilines is 1. The van der Waals surface area contributed by atoms with Gasteiger partial charge in [0.2, 0.25) is 15.7 Å². The molecule has 0 saturated carbocycles. The maximum absolute atomic E-state index is 13.4. The zero-order valence-electron chi connectivity index (χ0n) is 19.7. The summed E-state index contributed by atoms with van der Waals surface area (Å²) in [4.78, 5) is 32.4. The first-order valence-electron chi connectivity index (χ1n) is 11.3. The summed E-state index contributed by atoms with van der Waals surface area (Å²) in [5, 5.41) is 22.4. The van der Waals surface area contributed by atoms with Crippen LogP contribution in [-0.2, 0) is 14.8 Å². The van der Waals surface area contributed by atoms with Crippen molar-refractivity contribution in [2.24, 2.45) is 0 Å². The van der Waals surface area contributed by atoms with Gasteiger partial charge in [0.05, 0.1) is 27.3 Å². The summed E-state index contributed by atoms with van der Waals surface area (Å²) in [6.07, 6.45) is 4.97. The van der Waals surface area contributed by atoms with Gasteiger partial charge in [-0.05, 0) is 43.5 Å². The molecule has 0 aliphatic rings. The summed E-state index contributed by atoms with van der Waals surface area (Å²) >= 11 is 12.2. The number of aliphatic carboxylic acids is 1. The highest BCUT2D eigenvalue weighted by Crippen LogP contribution is 2.30. The van der Waals surface area contributed by atoms with Crippen molar-refractivity contribution in [1.29, 1.82) is 0 Å². The van der Waals surface area contributed by atoms with Gasteiger partial charge in [-0.3, -0.25) is 9.89 Å². The van der Waals surface area contributed by atoms with Crippen molar-refractivity contribution in [3.05, 3.63) is 70.6 Å². The molecule has 15 heteroatoms. The first-order chi connectivity index (χ1) is 18.1. The maximum atomic E-state index is 13.4. The number of hydrogen-bond acceptors (Lipinski definition) is 7. The van der Waals surface area contributed by atoms with Crippen LogP contribution in [-0.4, -0.2) is 57.8 Å². The molecule has 0 saturated heterocycles. The van der Waals surface area contributed by atoms with Gasteiger partial charge in [0.25, 0.3) is 5.91 Å². The highest BCUT2D eigenvalue weighted by atomic mass is 35.5. The number of unbranched alkanes of at least 4 members (excludes halogenated alkanes) is 1. The number of fused-ring (bicyclic) bond motifs is 1. The number of nitrogens with zero attached hydrogens (tertiary/aromatic N) is 2. The number of imidazole rings is 1. The number of carboxylic acid groups (broad SMARTS) is 1. The second-order valence-electron chi connectivity index (χ2n) is 8.28. The molecule has 0 aliphatic carbocycles. The lowest BCUT2D eigenvalue weighted by molar-refractivity contribution is -0.145. The van der Waals surface area contributed by atoms with Crippen LogP contribution >= 0.6 is 23.2 Å². The number of carbonyl (C=O) groups is 2. The van der Waals surface area contributed by atoms with E-state index >= 15 is 0 Å². The summed E-state index contributed by atoms with van der Waals surface area (Å²) in [6, 6.07) is 8.83. The number of nitrogens with one attached hydrogen (secondary N) is 5. The van der Waals surface area contributed by atoms with E-state index in [1.165, 1.54) is 30.5 Å². The molecule has 0 aliphatic heterocycles. The van der Waals surface area contributed by atoms with Crippen LogP contribution < -0.4 is 15.4 Å². The van der Waals surface area contributed by atoms with Crippen molar-refractivity contribution in [1.82, 2.24) is 30.2 Å². The fourth-order valence-corrected chi connectivity index (χ4v) is 6.33. The third-order valence-electron chi connectivity index (χ3n) is 5.69. The topological polar surface area (TPSA) is 182 Å². The van der Waals surface area contributed by atoms with Crippen molar-refractivity contribution < 1.29 is 23.1 Å². The molecule has 0 fully saturated rings. The van der Waals surface area contributed by atoms with Crippen LogP contribution in [0.4, 0.5) is 5.95 Å². The van der Waals surface area contributed by atoms with Gasteiger partial charge in [-0.15, -0.1) is 0 Å². The zero-order chi connectivity index (χ0) is 27.3. The van der Waals surface area contributed by atoms with E-state index in [2.05, 4.69) is 35.5 Å². The molecule has 4 aromatic rings. The molecule has 12 nitrogen and oxygen atoms in total. The number of aromatic amines is 2. The average molecular weight is 580 g/mol. The Hall–Kier alpha value is -3.65. The molecule has 2 aromatic carbocycles. The van der Waals surface area contributed by atoms with Crippen molar-refractivity contribution in [3.63, 3.8) is 0 Å². The Bertz CT molecular complexity index is 1540.